The number of fused-ring (bicyclic) bond motifs is 1. The first-order valence-corrected chi connectivity index (χ1v) is 4.36. The van der Waals surface area contributed by atoms with Crippen molar-refractivity contribution < 1.29 is 0 Å². The van der Waals surface area contributed by atoms with Crippen LogP contribution >= 0.6 is 0 Å². The van der Waals surface area contributed by atoms with Crippen LogP contribution in [-0.4, -0.2) is 37.1 Å². The van der Waals surface area contributed by atoms with Crippen LogP contribution in [0.3, 0.4) is 0 Å². The van der Waals surface area contributed by atoms with E-state index in [0.29, 0.717) is 0 Å². The first-order chi connectivity index (χ1) is 4.90. The number of rotatable bonds is 1. The lowest BCUT2D eigenvalue weighted by Gasteiger charge is -2.12. The molecule has 2 saturated heterocycles. The fourth-order valence-corrected chi connectivity index (χ4v) is 2.20. The molecule has 2 atom stereocenters. The molecule has 0 bridgehead atoms. The minimum atomic E-state index is 0.833. The highest BCUT2D eigenvalue weighted by Gasteiger charge is 2.34. The summed E-state index contributed by atoms with van der Waals surface area (Å²) in [6.45, 7) is 7.37. The zero-order chi connectivity index (χ0) is 6.97. The number of hydrogen-bond acceptors (Lipinski definition) is 2. The van der Waals surface area contributed by atoms with E-state index in [4.69, 9.17) is 0 Å². The average Bonchev–Trinajstić information content (AvgIpc) is 2.42. The third-order valence-corrected chi connectivity index (χ3v) is 2.89. The average molecular weight is 140 g/mol. The molecule has 0 aromatic heterocycles. The highest BCUT2D eigenvalue weighted by atomic mass is 15.2. The van der Waals surface area contributed by atoms with Crippen molar-refractivity contribution in [2.24, 2.45) is 5.92 Å². The largest absolute Gasteiger partial charge is 0.312 e. The second-order valence-corrected chi connectivity index (χ2v) is 3.46. The minimum Gasteiger partial charge on any atom is -0.312 e. The third kappa shape index (κ3) is 0.956. The molecule has 2 fully saturated rings. The third-order valence-electron chi connectivity index (χ3n) is 2.89. The number of hydrogen-bond donors (Lipinski definition) is 1. The Balaban J connectivity index is 1.94. The predicted molar refractivity (Wildman–Crippen MR) is 42.0 cm³/mol. The van der Waals surface area contributed by atoms with Gasteiger partial charge in [0.1, 0.15) is 0 Å². The molecule has 2 heterocycles. The summed E-state index contributed by atoms with van der Waals surface area (Å²) in [4.78, 5) is 2.54. The molecule has 0 radical (unpaired) electrons. The molecule has 58 valence electrons. The Bertz CT molecular complexity index is 112. The van der Waals surface area contributed by atoms with Crippen LogP contribution in [0.4, 0.5) is 0 Å². The first kappa shape index (κ1) is 6.62. The Hall–Kier alpha value is -0.0800. The standard InChI is InChI=1S/C8H16N2/c1-2-10-5-7-3-4-9-8(7)6-10/h7-9H,2-6H2,1H3/t7-,8+/m1/s1. The molecule has 0 aromatic carbocycles. The van der Waals surface area contributed by atoms with Crippen molar-refractivity contribution in [3.05, 3.63) is 0 Å². The maximum Gasteiger partial charge on any atom is 0.0235 e. The lowest BCUT2D eigenvalue weighted by Crippen LogP contribution is -2.29. The summed E-state index contributed by atoms with van der Waals surface area (Å²) >= 11 is 0. The molecule has 2 heteroatoms. The van der Waals surface area contributed by atoms with E-state index >= 15 is 0 Å². The fourth-order valence-electron chi connectivity index (χ4n) is 2.20. The number of likely N-dealkylation sites (tertiary alicyclic amines) is 1. The van der Waals surface area contributed by atoms with Crippen molar-refractivity contribution in [2.75, 3.05) is 26.2 Å². The normalized spacial score (nSPS) is 40.5. The van der Waals surface area contributed by atoms with E-state index in [9.17, 15) is 0 Å². The van der Waals surface area contributed by atoms with Gasteiger partial charge < -0.3 is 10.2 Å². The first-order valence-electron chi connectivity index (χ1n) is 4.36. The van der Waals surface area contributed by atoms with E-state index < -0.39 is 0 Å². The molecule has 10 heavy (non-hydrogen) atoms. The zero-order valence-corrected chi connectivity index (χ0v) is 6.64. The van der Waals surface area contributed by atoms with Gasteiger partial charge in [0.15, 0.2) is 0 Å². The van der Waals surface area contributed by atoms with Crippen LogP contribution < -0.4 is 5.32 Å². The van der Waals surface area contributed by atoms with E-state index in [1.54, 1.807) is 0 Å². The Morgan fingerprint density at radius 3 is 3.10 bits per heavy atom. The van der Waals surface area contributed by atoms with Gasteiger partial charge in [0, 0.05) is 19.1 Å². The van der Waals surface area contributed by atoms with Crippen molar-refractivity contribution in [1.82, 2.24) is 10.2 Å². The van der Waals surface area contributed by atoms with E-state index in [-0.39, 0.29) is 0 Å². The summed E-state index contributed by atoms with van der Waals surface area (Å²) in [7, 11) is 0. The molecule has 2 aliphatic rings. The highest BCUT2D eigenvalue weighted by molar-refractivity contribution is 4.93. The van der Waals surface area contributed by atoms with Crippen molar-refractivity contribution in [3.63, 3.8) is 0 Å². The van der Waals surface area contributed by atoms with Crippen LogP contribution in [-0.2, 0) is 0 Å². The molecule has 1 N–H and O–H groups in total. The van der Waals surface area contributed by atoms with Crippen molar-refractivity contribution >= 4 is 0 Å². The molecule has 2 rings (SSSR count). The van der Waals surface area contributed by atoms with Crippen LogP contribution in [0, 0.1) is 5.92 Å². The number of nitrogens with one attached hydrogen (secondary N) is 1. The molecule has 0 amide bonds. The van der Waals surface area contributed by atoms with Crippen LogP contribution in [0.2, 0.25) is 0 Å². The fraction of sp³-hybridized carbons (Fsp3) is 1.00. The topological polar surface area (TPSA) is 15.3 Å². The molecular formula is C8H16N2. The van der Waals surface area contributed by atoms with Crippen molar-refractivity contribution in [3.8, 4) is 0 Å². The number of likely N-dealkylation sites (N-methyl/N-ethyl adjacent to an activating group) is 1. The van der Waals surface area contributed by atoms with E-state index in [1.165, 1.54) is 32.6 Å². The van der Waals surface area contributed by atoms with Gasteiger partial charge in [-0.3, -0.25) is 0 Å². The van der Waals surface area contributed by atoms with Gasteiger partial charge in [-0.15, -0.1) is 0 Å². The van der Waals surface area contributed by atoms with E-state index in [2.05, 4.69) is 17.1 Å². The molecule has 0 unspecified atom stereocenters. The Kier molecular flexibility index (Phi) is 1.66. The van der Waals surface area contributed by atoms with Crippen LogP contribution in [0.5, 0.6) is 0 Å². The lowest BCUT2D eigenvalue weighted by atomic mass is 10.1. The smallest absolute Gasteiger partial charge is 0.0235 e. The summed E-state index contributed by atoms with van der Waals surface area (Å²) in [6.07, 6.45) is 1.40. The Morgan fingerprint density at radius 1 is 1.50 bits per heavy atom. The molecule has 2 aliphatic heterocycles. The van der Waals surface area contributed by atoms with Gasteiger partial charge >= 0.3 is 0 Å². The van der Waals surface area contributed by atoms with E-state index in [1.807, 2.05) is 0 Å². The molecule has 2 nitrogen and oxygen atoms in total. The second kappa shape index (κ2) is 2.51. The van der Waals surface area contributed by atoms with Gasteiger partial charge in [0.05, 0.1) is 0 Å². The Morgan fingerprint density at radius 2 is 2.40 bits per heavy atom. The summed E-state index contributed by atoms with van der Waals surface area (Å²) in [5, 5.41) is 3.54. The lowest BCUT2D eigenvalue weighted by molar-refractivity contribution is 0.331. The summed E-state index contributed by atoms with van der Waals surface area (Å²) < 4.78 is 0. The summed E-state index contributed by atoms with van der Waals surface area (Å²) in [5.41, 5.74) is 0. The maximum absolute atomic E-state index is 3.54. The zero-order valence-electron chi connectivity index (χ0n) is 6.64. The predicted octanol–water partition coefficient (Wildman–Crippen LogP) is 0.300. The molecule has 0 spiro atoms. The SMILES string of the molecule is CCN1C[C@H]2CCN[C@H]2C1. The molecule has 0 aliphatic carbocycles. The van der Waals surface area contributed by atoms with Gasteiger partial charge in [-0.05, 0) is 25.4 Å². The quantitative estimate of drug-likeness (QED) is 0.563. The van der Waals surface area contributed by atoms with Gasteiger partial charge in [-0.2, -0.15) is 0 Å². The van der Waals surface area contributed by atoms with Gasteiger partial charge in [-0.25, -0.2) is 0 Å². The highest BCUT2D eigenvalue weighted by Crippen LogP contribution is 2.23. The second-order valence-electron chi connectivity index (χ2n) is 3.46. The molecular weight excluding hydrogens is 124 g/mol. The van der Waals surface area contributed by atoms with Crippen LogP contribution in [0.1, 0.15) is 13.3 Å². The monoisotopic (exact) mass is 140 g/mol. The van der Waals surface area contributed by atoms with Gasteiger partial charge in [0.25, 0.3) is 0 Å². The Labute approximate surface area is 62.6 Å². The van der Waals surface area contributed by atoms with Crippen molar-refractivity contribution in [2.45, 2.75) is 19.4 Å². The van der Waals surface area contributed by atoms with Crippen LogP contribution in [0.25, 0.3) is 0 Å². The molecule has 0 saturated carbocycles. The van der Waals surface area contributed by atoms with E-state index in [0.717, 1.165) is 12.0 Å². The number of nitrogens with zero attached hydrogens (tertiary/aromatic N) is 1. The summed E-state index contributed by atoms with van der Waals surface area (Å²) in [6, 6.07) is 0.833. The van der Waals surface area contributed by atoms with Gasteiger partial charge in [0.2, 0.25) is 0 Å². The van der Waals surface area contributed by atoms with Crippen molar-refractivity contribution in [1.29, 1.82) is 0 Å². The molecule has 0 aromatic rings. The maximum atomic E-state index is 3.54. The van der Waals surface area contributed by atoms with Crippen LogP contribution in [0.15, 0.2) is 0 Å². The summed E-state index contributed by atoms with van der Waals surface area (Å²) in [5.74, 6) is 0.972. The minimum absolute atomic E-state index is 0.833. The van der Waals surface area contributed by atoms with Gasteiger partial charge in [-0.1, -0.05) is 6.92 Å².